The average molecular weight is 281 g/mol. The van der Waals surface area contributed by atoms with Crippen LogP contribution in [0.4, 0.5) is 5.69 Å². The summed E-state index contributed by atoms with van der Waals surface area (Å²) in [4.78, 5) is 22.2. The van der Waals surface area contributed by atoms with Crippen LogP contribution in [0.1, 0.15) is 20.8 Å². The average Bonchev–Trinajstić information content (AvgIpc) is 2.71. The summed E-state index contributed by atoms with van der Waals surface area (Å²) in [5.41, 5.74) is 10.9. The third-order valence-electron chi connectivity index (χ3n) is 2.42. The Bertz CT molecular complexity index is 681. The maximum atomic E-state index is 11.3. The second kappa shape index (κ2) is 4.62. The number of nitrogen functional groups attached to an aromatic ring is 1. The SMILES string of the molecule is NC(=O)c1cc(Cl)ccc1-n1cc(N)c(C(=O)O)n1. The molecule has 1 amide bonds. The number of hydrogen-bond donors (Lipinski definition) is 3. The minimum Gasteiger partial charge on any atom is -0.476 e. The molecule has 19 heavy (non-hydrogen) atoms. The molecule has 0 radical (unpaired) electrons. The van der Waals surface area contributed by atoms with Crippen molar-refractivity contribution in [2.45, 2.75) is 0 Å². The summed E-state index contributed by atoms with van der Waals surface area (Å²) in [5, 5.41) is 13.0. The molecule has 1 aromatic heterocycles. The van der Waals surface area contributed by atoms with E-state index in [4.69, 9.17) is 28.2 Å². The molecular formula is C11H9ClN4O3. The summed E-state index contributed by atoms with van der Waals surface area (Å²) >= 11 is 5.78. The molecule has 2 aromatic rings. The number of rotatable bonds is 3. The lowest BCUT2D eigenvalue weighted by atomic mass is 10.1. The summed E-state index contributed by atoms with van der Waals surface area (Å²) in [6.07, 6.45) is 1.29. The van der Waals surface area contributed by atoms with Crippen molar-refractivity contribution in [2.24, 2.45) is 5.73 Å². The number of amides is 1. The fraction of sp³-hybridized carbons (Fsp3) is 0. The molecule has 8 heteroatoms. The van der Waals surface area contributed by atoms with Crippen LogP contribution >= 0.6 is 11.6 Å². The Morgan fingerprint density at radius 3 is 2.58 bits per heavy atom. The lowest BCUT2D eigenvalue weighted by Crippen LogP contribution is -2.15. The van der Waals surface area contributed by atoms with Gasteiger partial charge in [0.05, 0.1) is 23.1 Å². The van der Waals surface area contributed by atoms with Crippen LogP contribution in [0.2, 0.25) is 5.02 Å². The standard InChI is InChI=1S/C11H9ClN4O3/c12-5-1-2-8(6(3-5)10(14)17)16-4-7(13)9(15-16)11(18)19/h1-4H,13H2,(H2,14,17)(H,18,19). The largest absolute Gasteiger partial charge is 0.476 e. The molecule has 0 saturated heterocycles. The second-order valence-electron chi connectivity index (χ2n) is 3.71. The van der Waals surface area contributed by atoms with Crippen LogP contribution in [0, 0.1) is 0 Å². The van der Waals surface area contributed by atoms with Gasteiger partial charge in [-0.2, -0.15) is 5.10 Å². The highest BCUT2D eigenvalue weighted by Crippen LogP contribution is 2.21. The van der Waals surface area contributed by atoms with Gasteiger partial charge in [0.15, 0.2) is 5.69 Å². The zero-order chi connectivity index (χ0) is 14.2. The second-order valence-corrected chi connectivity index (χ2v) is 4.14. The van der Waals surface area contributed by atoms with Gasteiger partial charge in [0, 0.05) is 5.02 Å². The molecule has 7 nitrogen and oxygen atoms in total. The first-order valence-electron chi connectivity index (χ1n) is 5.08. The normalized spacial score (nSPS) is 10.4. The van der Waals surface area contributed by atoms with Gasteiger partial charge in [-0.3, -0.25) is 4.79 Å². The number of carboxylic acid groups (broad SMARTS) is 1. The van der Waals surface area contributed by atoms with Gasteiger partial charge in [-0.05, 0) is 18.2 Å². The summed E-state index contributed by atoms with van der Waals surface area (Å²) in [6, 6.07) is 4.40. The first-order chi connectivity index (χ1) is 8.90. The first kappa shape index (κ1) is 12.9. The molecular weight excluding hydrogens is 272 g/mol. The zero-order valence-electron chi connectivity index (χ0n) is 9.50. The third-order valence-corrected chi connectivity index (χ3v) is 2.65. The molecule has 0 aliphatic heterocycles. The number of carbonyl (C=O) groups excluding carboxylic acids is 1. The number of anilines is 1. The fourth-order valence-corrected chi connectivity index (χ4v) is 1.75. The van der Waals surface area contributed by atoms with E-state index in [1.54, 1.807) is 0 Å². The van der Waals surface area contributed by atoms with E-state index in [0.29, 0.717) is 10.7 Å². The van der Waals surface area contributed by atoms with Gasteiger partial charge in [0.2, 0.25) is 0 Å². The Labute approximate surface area is 112 Å². The van der Waals surface area contributed by atoms with Gasteiger partial charge in [-0.1, -0.05) is 11.6 Å². The van der Waals surface area contributed by atoms with Crippen molar-refractivity contribution in [2.75, 3.05) is 5.73 Å². The number of hydrogen-bond acceptors (Lipinski definition) is 4. The van der Waals surface area contributed by atoms with Crippen LogP contribution in [0.5, 0.6) is 0 Å². The summed E-state index contributed by atoms with van der Waals surface area (Å²) in [5.74, 6) is -1.96. The maximum Gasteiger partial charge on any atom is 0.358 e. The number of primary amides is 1. The van der Waals surface area contributed by atoms with Crippen LogP contribution in [0.3, 0.4) is 0 Å². The number of halogens is 1. The van der Waals surface area contributed by atoms with E-state index < -0.39 is 11.9 Å². The molecule has 0 fully saturated rings. The Balaban J connectivity index is 2.62. The molecule has 0 saturated carbocycles. The molecule has 98 valence electrons. The topological polar surface area (TPSA) is 124 Å². The summed E-state index contributed by atoms with van der Waals surface area (Å²) in [6.45, 7) is 0. The van der Waals surface area contributed by atoms with Gasteiger partial charge < -0.3 is 16.6 Å². The molecule has 2 rings (SSSR count). The highest BCUT2D eigenvalue weighted by Gasteiger charge is 2.17. The van der Waals surface area contributed by atoms with E-state index in [1.807, 2.05) is 0 Å². The van der Waals surface area contributed by atoms with Crippen molar-refractivity contribution in [3.05, 3.63) is 40.7 Å². The van der Waals surface area contributed by atoms with Crippen molar-refractivity contribution in [3.63, 3.8) is 0 Å². The van der Waals surface area contributed by atoms with Crippen molar-refractivity contribution < 1.29 is 14.7 Å². The van der Waals surface area contributed by atoms with Gasteiger partial charge in [0.1, 0.15) is 0 Å². The highest BCUT2D eigenvalue weighted by atomic mass is 35.5. The Morgan fingerprint density at radius 1 is 1.37 bits per heavy atom. The smallest absolute Gasteiger partial charge is 0.358 e. The van der Waals surface area contributed by atoms with Crippen LogP contribution in [0.15, 0.2) is 24.4 Å². The van der Waals surface area contributed by atoms with Crippen molar-refractivity contribution >= 4 is 29.2 Å². The van der Waals surface area contributed by atoms with Gasteiger partial charge in [-0.25, -0.2) is 9.48 Å². The van der Waals surface area contributed by atoms with Crippen LogP contribution in [-0.2, 0) is 0 Å². The molecule has 5 N–H and O–H groups in total. The molecule has 0 atom stereocenters. The third kappa shape index (κ3) is 2.36. The monoisotopic (exact) mass is 280 g/mol. The van der Waals surface area contributed by atoms with Crippen molar-refractivity contribution in [1.29, 1.82) is 0 Å². The Morgan fingerprint density at radius 2 is 2.05 bits per heavy atom. The van der Waals surface area contributed by atoms with Crippen molar-refractivity contribution in [1.82, 2.24) is 9.78 Å². The van der Waals surface area contributed by atoms with Crippen LogP contribution in [-0.4, -0.2) is 26.8 Å². The van der Waals surface area contributed by atoms with E-state index in [0.717, 1.165) is 0 Å². The number of aromatic carboxylic acids is 1. The molecule has 0 spiro atoms. The number of benzene rings is 1. The zero-order valence-corrected chi connectivity index (χ0v) is 10.3. The fourth-order valence-electron chi connectivity index (χ4n) is 1.58. The predicted octanol–water partition coefficient (Wildman–Crippen LogP) is 0.905. The molecule has 1 heterocycles. The van der Waals surface area contributed by atoms with Crippen LogP contribution < -0.4 is 11.5 Å². The summed E-state index contributed by atoms with van der Waals surface area (Å²) < 4.78 is 1.18. The number of nitrogens with zero attached hydrogens (tertiary/aromatic N) is 2. The number of nitrogens with two attached hydrogens (primary N) is 2. The minimum atomic E-state index is -1.26. The summed E-state index contributed by atoms with van der Waals surface area (Å²) in [7, 11) is 0. The van der Waals surface area contributed by atoms with Crippen LogP contribution in [0.25, 0.3) is 5.69 Å². The minimum absolute atomic E-state index is 0.0159. The van der Waals surface area contributed by atoms with Gasteiger partial charge in [0.25, 0.3) is 5.91 Å². The molecule has 1 aromatic carbocycles. The number of carboxylic acids is 1. The van der Waals surface area contributed by atoms with Gasteiger partial charge in [-0.15, -0.1) is 0 Å². The molecule has 0 aliphatic carbocycles. The lowest BCUT2D eigenvalue weighted by Gasteiger charge is -2.06. The quantitative estimate of drug-likeness (QED) is 0.770. The van der Waals surface area contributed by atoms with E-state index in [9.17, 15) is 9.59 Å². The maximum absolute atomic E-state index is 11.3. The predicted molar refractivity (Wildman–Crippen MR) is 68.5 cm³/mol. The molecule has 0 aliphatic rings. The van der Waals surface area contributed by atoms with E-state index in [-0.39, 0.29) is 16.9 Å². The molecule has 0 unspecified atom stereocenters. The van der Waals surface area contributed by atoms with E-state index >= 15 is 0 Å². The highest BCUT2D eigenvalue weighted by molar-refractivity contribution is 6.31. The Kier molecular flexibility index (Phi) is 3.14. The van der Waals surface area contributed by atoms with E-state index in [2.05, 4.69) is 5.10 Å². The first-order valence-corrected chi connectivity index (χ1v) is 5.46. The van der Waals surface area contributed by atoms with Crippen molar-refractivity contribution in [3.8, 4) is 5.69 Å². The number of aromatic nitrogens is 2. The lowest BCUT2D eigenvalue weighted by molar-refractivity contribution is 0.0691. The number of carbonyl (C=O) groups is 2. The van der Waals surface area contributed by atoms with Gasteiger partial charge >= 0.3 is 5.97 Å². The van der Waals surface area contributed by atoms with E-state index in [1.165, 1.54) is 29.1 Å². The molecule has 0 bridgehead atoms. The Hall–Kier alpha value is -2.54.